The molecule has 1 rings (SSSR count). The minimum Gasteiger partial charge on any atom is -0.389 e. The Labute approximate surface area is 133 Å². The van der Waals surface area contributed by atoms with E-state index >= 15 is 0 Å². The molecule has 1 atom stereocenters. The molecule has 21 heavy (non-hydrogen) atoms. The smallest absolute Gasteiger partial charge is 0.139 e. The first-order chi connectivity index (χ1) is 9.90. The molecule has 0 aliphatic heterocycles. The molecule has 1 unspecified atom stereocenters. The van der Waals surface area contributed by atoms with Gasteiger partial charge in [0, 0.05) is 12.2 Å². The summed E-state index contributed by atoms with van der Waals surface area (Å²) in [6.45, 7) is 7.26. The fraction of sp³-hybridized carbons (Fsp3) is 0.600. The zero-order chi connectivity index (χ0) is 15.8. The summed E-state index contributed by atoms with van der Waals surface area (Å²) < 4.78 is 24.5. The van der Waals surface area contributed by atoms with Gasteiger partial charge in [0.1, 0.15) is 5.82 Å². The topological polar surface area (TPSA) is 50.7 Å². The highest BCUT2D eigenvalue weighted by Crippen LogP contribution is 2.23. The van der Waals surface area contributed by atoms with Gasteiger partial charge in [-0.3, -0.25) is 0 Å². The SMILES string of the molecule is Cc1cc(Br)c(F)cc1NCC(O)COCCOC(C)C. The van der Waals surface area contributed by atoms with Crippen molar-refractivity contribution in [2.75, 3.05) is 31.7 Å². The molecule has 1 aromatic rings. The molecule has 120 valence electrons. The fourth-order valence-corrected chi connectivity index (χ4v) is 2.14. The Morgan fingerprint density at radius 2 is 2.05 bits per heavy atom. The highest BCUT2D eigenvalue weighted by atomic mass is 79.9. The molecule has 0 aliphatic carbocycles. The number of hydrogen-bond donors (Lipinski definition) is 2. The quantitative estimate of drug-likeness (QED) is 0.661. The highest BCUT2D eigenvalue weighted by Gasteiger charge is 2.08. The molecule has 0 saturated carbocycles. The van der Waals surface area contributed by atoms with Crippen LogP contribution in [0.5, 0.6) is 0 Å². The van der Waals surface area contributed by atoms with Crippen molar-refractivity contribution in [3.8, 4) is 0 Å². The van der Waals surface area contributed by atoms with E-state index in [4.69, 9.17) is 9.47 Å². The second-order valence-corrected chi connectivity index (χ2v) is 5.96. The summed E-state index contributed by atoms with van der Waals surface area (Å²) >= 11 is 3.14. The van der Waals surface area contributed by atoms with E-state index in [0.29, 0.717) is 29.9 Å². The lowest BCUT2D eigenvalue weighted by Gasteiger charge is -2.15. The zero-order valence-electron chi connectivity index (χ0n) is 12.7. The lowest BCUT2D eigenvalue weighted by Crippen LogP contribution is -2.26. The van der Waals surface area contributed by atoms with Gasteiger partial charge in [0.25, 0.3) is 0 Å². The van der Waals surface area contributed by atoms with Crippen molar-refractivity contribution in [1.29, 1.82) is 0 Å². The number of aryl methyl sites for hydroxylation is 1. The lowest BCUT2D eigenvalue weighted by atomic mass is 10.2. The van der Waals surface area contributed by atoms with E-state index in [1.165, 1.54) is 6.07 Å². The molecular formula is C15H23BrFNO3. The molecule has 4 nitrogen and oxygen atoms in total. The lowest BCUT2D eigenvalue weighted by molar-refractivity contribution is -0.00734. The first-order valence-corrected chi connectivity index (χ1v) is 7.76. The van der Waals surface area contributed by atoms with Crippen LogP contribution in [0, 0.1) is 12.7 Å². The Kier molecular flexibility index (Phi) is 8.18. The van der Waals surface area contributed by atoms with E-state index in [9.17, 15) is 9.50 Å². The summed E-state index contributed by atoms with van der Waals surface area (Å²) in [6.07, 6.45) is -0.481. The summed E-state index contributed by atoms with van der Waals surface area (Å²) in [5.41, 5.74) is 1.57. The van der Waals surface area contributed by atoms with Crippen molar-refractivity contribution < 1.29 is 19.0 Å². The predicted molar refractivity (Wildman–Crippen MR) is 85.2 cm³/mol. The third-order valence-electron chi connectivity index (χ3n) is 2.78. The van der Waals surface area contributed by atoms with Crippen LogP contribution in [-0.2, 0) is 9.47 Å². The van der Waals surface area contributed by atoms with Gasteiger partial charge in [0.15, 0.2) is 0 Å². The summed E-state index contributed by atoms with van der Waals surface area (Å²) in [5.74, 6) is -0.334. The normalized spacial score (nSPS) is 12.7. The molecule has 0 aromatic heterocycles. The van der Waals surface area contributed by atoms with E-state index < -0.39 is 6.10 Å². The molecule has 0 bridgehead atoms. The number of aliphatic hydroxyl groups excluding tert-OH is 1. The largest absolute Gasteiger partial charge is 0.389 e. The number of rotatable bonds is 9. The summed E-state index contributed by atoms with van der Waals surface area (Å²) in [5, 5.41) is 12.8. The number of anilines is 1. The van der Waals surface area contributed by atoms with Gasteiger partial charge in [0.05, 0.1) is 36.5 Å². The first kappa shape index (κ1) is 18.4. The molecule has 0 saturated heterocycles. The van der Waals surface area contributed by atoms with Gasteiger partial charge in [-0.15, -0.1) is 0 Å². The van der Waals surface area contributed by atoms with Crippen molar-refractivity contribution in [1.82, 2.24) is 0 Å². The van der Waals surface area contributed by atoms with E-state index in [1.54, 1.807) is 6.07 Å². The standard InChI is InChI=1S/C15H23BrFNO3/c1-10(2)21-5-4-20-9-12(19)8-18-15-7-14(17)13(16)6-11(15)3/h6-7,10,12,18-19H,4-5,8-9H2,1-3H3. The van der Waals surface area contributed by atoms with Crippen LogP contribution in [0.25, 0.3) is 0 Å². The van der Waals surface area contributed by atoms with E-state index in [1.807, 2.05) is 20.8 Å². The molecule has 0 amide bonds. The Bertz CT molecular complexity index is 443. The van der Waals surface area contributed by atoms with Crippen molar-refractivity contribution >= 4 is 21.6 Å². The van der Waals surface area contributed by atoms with Crippen LogP contribution in [0.2, 0.25) is 0 Å². The number of nitrogens with one attached hydrogen (secondary N) is 1. The summed E-state index contributed by atoms with van der Waals surface area (Å²) in [4.78, 5) is 0. The van der Waals surface area contributed by atoms with Crippen LogP contribution in [0.3, 0.4) is 0 Å². The van der Waals surface area contributed by atoms with E-state index in [0.717, 1.165) is 5.56 Å². The molecular weight excluding hydrogens is 341 g/mol. The average Bonchev–Trinajstić information content (AvgIpc) is 2.40. The Morgan fingerprint density at radius 3 is 2.71 bits per heavy atom. The Morgan fingerprint density at radius 1 is 1.33 bits per heavy atom. The maximum absolute atomic E-state index is 13.4. The van der Waals surface area contributed by atoms with Crippen LogP contribution < -0.4 is 5.32 Å². The molecule has 1 aromatic carbocycles. The second kappa shape index (κ2) is 9.35. The van der Waals surface area contributed by atoms with Gasteiger partial charge < -0.3 is 19.9 Å². The molecule has 2 N–H and O–H groups in total. The molecule has 0 aliphatic rings. The first-order valence-electron chi connectivity index (χ1n) is 6.97. The van der Waals surface area contributed by atoms with Crippen LogP contribution in [0.15, 0.2) is 16.6 Å². The zero-order valence-corrected chi connectivity index (χ0v) is 14.2. The maximum atomic E-state index is 13.4. The van der Waals surface area contributed by atoms with Crippen LogP contribution in [0.1, 0.15) is 19.4 Å². The van der Waals surface area contributed by atoms with Gasteiger partial charge in [-0.1, -0.05) is 0 Å². The third-order valence-corrected chi connectivity index (χ3v) is 3.39. The molecule has 0 fully saturated rings. The van der Waals surface area contributed by atoms with Gasteiger partial charge in [-0.2, -0.15) is 0 Å². The third kappa shape index (κ3) is 7.22. The van der Waals surface area contributed by atoms with Gasteiger partial charge in [-0.25, -0.2) is 4.39 Å². The maximum Gasteiger partial charge on any atom is 0.139 e. The van der Waals surface area contributed by atoms with E-state index in [-0.39, 0.29) is 18.5 Å². The van der Waals surface area contributed by atoms with Gasteiger partial charge in [-0.05, 0) is 54.4 Å². The number of ether oxygens (including phenoxy) is 2. The molecule has 6 heteroatoms. The van der Waals surface area contributed by atoms with E-state index in [2.05, 4.69) is 21.2 Å². The minimum absolute atomic E-state index is 0.176. The van der Waals surface area contributed by atoms with Crippen LogP contribution >= 0.6 is 15.9 Å². The number of aliphatic hydroxyl groups is 1. The van der Waals surface area contributed by atoms with Crippen LogP contribution in [0.4, 0.5) is 10.1 Å². The minimum atomic E-state index is -0.657. The predicted octanol–water partition coefficient (Wildman–Crippen LogP) is 3.11. The van der Waals surface area contributed by atoms with Gasteiger partial charge in [0.2, 0.25) is 0 Å². The fourth-order valence-electron chi connectivity index (χ4n) is 1.69. The number of benzene rings is 1. The number of hydrogen-bond acceptors (Lipinski definition) is 4. The molecule has 0 radical (unpaired) electrons. The number of halogens is 2. The highest BCUT2D eigenvalue weighted by molar-refractivity contribution is 9.10. The van der Waals surface area contributed by atoms with Crippen molar-refractivity contribution in [2.24, 2.45) is 0 Å². The van der Waals surface area contributed by atoms with Crippen molar-refractivity contribution in [3.63, 3.8) is 0 Å². The van der Waals surface area contributed by atoms with Crippen molar-refractivity contribution in [2.45, 2.75) is 33.0 Å². The molecule has 0 heterocycles. The Balaban J connectivity index is 2.27. The summed E-state index contributed by atoms with van der Waals surface area (Å²) in [7, 11) is 0. The monoisotopic (exact) mass is 363 g/mol. The molecule has 0 spiro atoms. The average molecular weight is 364 g/mol. The Hall–Kier alpha value is -0.690. The van der Waals surface area contributed by atoms with Gasteiger partial charge >= 0.3 is 0 Å². The van der Waals surface area contributed by atoms with Crippen LogP contribution in [-0.4, -0.2) is 43.7 Å². The summed E-state index contributed by atoms with van der Waals surface area (Å²) in [6, 6.07) is 3.10. The second-order valence-electron chi connectivity index (χ2n) is 5.11. The van der Waals surface area contributed by atoms with Crippen molar-refractivity contribution in [3.05, 3.63) is 28.0 Å².